The molecule has 1 fully saturated rings. The Balaban J connectivity index is 1.43. The zero-order chi connectivity index (χ0) is 22.8. The quantitative estimate of drug-likeness (QED) is 0.641. The second kappa shape index (κ2) is 9.08. The molecule has 32 heavy (non-hydrogen) atoms. The number of aromatic nitrogens is 3. The summed E-state index contributed by atoms with van der Waals surface area (Å²) in [6, 6.07) is 15.6. The number of nitrogens with zero attached hydrogens (tertiary/aromatic N) is 6. The summed E-state index contributed by atoms with van der Waals surface area (Å²) >= 11 is 0. The molecular weight excluding hydrogens is 404 g/mol. The lowest BCUT2D eigenvalue weighted by Crippen LogP contribution is -2.46. The zero-order valence-electron chi connectivity index (χ0n) is 19.2. The van der Waals surface area contributed by atoms with Crippen molar-refractivity contribution < 1.29 is 5.11 Å². The van der Waals surface area contributed by atoms with Gasteiger partial charge in [-0.15, -0.1) is 0 Å². The third kappa shape index (κ3) is 4.36. The Morgan fingerprint density at radius 2 is 1.31 bits per heavy atom. The molecule has 0 saturated carbocycles. The molecule has 0 spiro atoms. The molecule has 0 amide bonds. The van der Waals surface area contributed by atoms with Crippen LogP contribution in [0.5, 0.6) is 5.75 Å². The molecule has 1 aromatic heterocycles. The van der Waals surface area contributed by atoms with Crippen LogP contribution in [0.25, 0.3) is 5.69 Å². The van der Waals surface area contributed by atoms with Crippen LogP contribution in [-0.2, 0) is 0 Å². The minimum atomic E-state index is -0.124. The van der Waals surface area contributed by atoms with E-state index in [0.717, 1.165) is 43.2 Å². The Labute approximate surface area is 188 Å². The average molecular weight is 437 g/mol. The van der Waals surface area contributed by atoms with Crippen LogP contribution in [0.15, 0.2) is 59.7 Å². The summed E-state index contributed by atoms with van der Waals surface area (Å²) in [4.78, 5) is 19.7. The number of hydrogen-bond acceptors (Lipinski definition) is 6. The highest BCUT2D eigenvalue weighted by molar-refractivity contribution is 5.54. The van der Waals surface area contributed by atoms with Gasteiger partial charge in [0.05, 0.1) is 11.7 Å². The van der Waals surface area contributed by atoms with E-state index in [1.807, 2.05) is 45.3 Å². The lowest BCUT2D eigenvalue weighted by Gasteiger charge is -2.37. The molecular formula is C24H32N6O2. The van der Waals surface area contributed by atoms with Gasteiger partial charge in [-0.3, -0.25) is 0 Å². The summed E-state index contributed by atoms with van der Waals surface area (Å²) in [5.41, 5.74) is 2.97. The number of anilines is 2. The van der Waals surface area contributed by atoms with Gasteiger partial charge in [0.25, 0.3) is 0 Å². The van der Waals surface area contributed by atoms with Crippen molar-refractivity contribution in [2.24, 2.45) is 0 Å². The monoisotopic (exact) mass is 436 g/mol. The van der Waals surface area contributed by atoms with Crippen molar-refractivity contribution in [2.45, 2.75) is 25.9 Å². The standard InChI is InChI=1S/C24H32N6O2/c1-18(26(3)4)19(2)30-24(32)29(17-25-30)22-7-5-20(6-8-22)27-13-15-28(16-14-27)21-9-11-23(31)12-10-21/h5-12,17-19,31H,13-16H2,1-4H3. The van der Waals surface area contributed by atoms with Crippen molar-refractivity contribution in [1.29, 1.82) is 0 Å². The number of piperazine rings is 1. The van der Waals surface area contributed by atoms with Crippen molar-refractivity contribution in [3.63, 3.8) is 0 Å². The van der Waals surface area contributed by atoms with Crippen molar-refractivity contribution in [3.8, 4) is 11.4 Å². The molecule has 2 heterocycles. The van der Waals surface area contributed by atoms with Gasteiger partial charge in [0.15, 0.2) is 0 Å². The number of benzene rings is 2. The molecule has 170 valence electrons. The van der Waals surface area contributed by atoms with Gasteiger partial charge in [-0.05, 0) is 76.5 Å². The summed E-state index contributed by atoms with van der Waals surface area (Å²) < 4.78 is 3.16. The highest BCUT2D eigenvalue weighted by atomic mass is 16.3. The maximum atomic E-state index is 12.9. The number of likely N-dealkylation sites (N-methyl/N-ethyl adjacent to an activating group) is 1. The highest BCUT2D eigenvalue weighted by Crippen LogP contribution is 2.23. The molecule has 1 N–H and O–H groups in total. The van der Waals surface area contributed by atoms with Gasteiger partial charge in [-0.25, -0.2) is 14.0 Å². The molecule has 1 aliphatic heterocycles. The molecule has 4 rings (SSSR count). The zero-order valence-corrected chi connectivity index (χ0v) is 19.2. The van der Waals surface area contributed by atoms with Crippen LogP contribution in [-0.4, -0.2) is 70.7 Å². The Hall–Kier alpha value is -3.26. The fourth-order valence-electron chi connectivity index (χ4n) is 4.12. The maximum absolute atomic E-state index is 12.9. The van der Waals surface area contributed by atoms with Gasteiger partial charge in [-0.2, -0.15) is 5.10 Å². The molecule has 1 saturated heterocycles. The van der Waals surface area contributed by atoms with Crippen LogP contribution in [0.1, 0.15) is 19.9 Å². The molecule has 2 unspecified atom stereocenters. The molecule has 0 radical (unpaired) electrons. The van der Waals surface area contributed by atoms with E-state index in [-0.39, 0.29) is 17.8 Å². The molecule has 3 aromatic rings. The number of rotatable bonds is 6. The van der Waals surface area contributed by atoms with Crippen LogP contribution in [0.3, 0.4) is 0 Å². The van der Waals surface area contributed by atoms with Crippen LogP contribution < -0.4 is 15.5 Å². The van der Waals surface area contributed by atoms with E-state index in [4.69, 9.17) is 0 Å². The highest BCUT2D eigenvalue weighted by Gasteiger charge is 2.21. The van der Waals surface area contributed by atoms with E-state index in [1.165, 1.54) is 0 Å². The van der Waals surface area contributed by atoms with Crippen LogP contribution in [0, 0.1) is 0 Å². The van der Waals surface area contributed by atoms with Gasteiger partial charge < -0.3 is 19.8 Å². The molecule has 1 aliphatic rings. The second-order valence-corrected chi connectivity index (χ2v) is 8.68. The van der Waals surface area contributed by atoms with Gasteiger partial charge in [0.2, 0.25) is 0 Å². The van der Waals surface area contributed by atoms with Gasteiger partial charge in [0, 0.05) is 43.6 Å². The first-order chi connectivity index (χ1) is 15.3. The summed E-state index contributed by atoms with van der Waals surface area (Å²) in [5, 5.41) is 13.8. The number of aromatic hydroxyl groups is 1. The molecule has 2 atom stereocenters. The van der Waals surface area contributed by atoms with Crippen LogP contribution in [0.2, 0.25) is 0 Å². The van der Waals surface area contributed by atoms with Crippen molar-refractivity contribution >= 4 is 11.4 Å². The topological polar surface area (TPSA) is 69.8 Å². The Kier molecular flexibility index (Phi) is 6.23. The van der Waals surface area contributed by atoms with Crippen LogP contribution in [0.4, 0.5) is 11.4 Å². The molecule has 0 aliphatic carbocycles. The molecule has 8 nitrogen and oxygen atoms in total. The summed E-state index contributed by atoms with van der Waals surface area (Å²) in [5.74, 6) is 0.291. The van der Waals surface area contributed by atoms with E-state index < -0.39 is 0 Å². The Morgan fingerprint density at radius 3 is 1.81 bits per heavy atom. The normalized spacial score (nSPS) is 16.4. The second-order valence-electron chi connectivity index (χ2n) is 8.68. The third-order valence-electron chi connectivity index (χ3n) is 6.58. The van der Waals surface area contributed by atoms with E-state index in [1.54, 1.807) is 27.7 Å². The number of phenolic OH excluding ortho intramolecular Hbond substituents is 1. The SMILES string of the molecule is CC(C(C)n1ncn(-c2ccc(N3CCN(c4ccc(O)cc4)CC3)cc2)c1=O)N(C)C. The summed E-state index contributed by atoms with van der Waals surface area (Å²) in [6.45, 7) is 7.77. The smallest absolute Gasteiger partial charge is 0.350 e. The van der Waals surface area contributed by atoms with Crippen molar-refractivity contribution in [1.82, 2.24) is 19.2 Å². The van der Waals surface area contributed by atoms with E-state index >= 15 is 0 Å². The largest absolute Gasteiger partial charge is 0.508 e. The Morgan fingerprint density at radius 1 is 0.844 bits per heavy atom. The predicted molar refractivity (Wildman–Crippen MR) is 128 cm³/mol. The first-order valence-electron chi connectivity index (χ1n) is 11.1. The van der Waals surface area contributed by atoms with Crippen molar-refractivity contribution in [2.75, 3.05) is 50.1 Å². The lowest BCUT2D eigenvalue weighted by molar-refractivity contribution is 0.226. The first-order valence-corrected chi connectivity index (χ1v) is 11.1. The fourth-order valence-corrected chi connectivity index (χ4v) is 4.12. The lowest BCUT2D eigenvalue weighted by atomic mass is 10.1. The summed E-state index contributed by atoms with van der Waals surface area (Å²) in [6.07, 6.45) is 1.60. The maximum Gasteiger partial charge on any atom is 0.350 e. The van der Waals surface area contributed by atoms with Gasteiger partial charge >= 0.3 is 5.69 Å². The van der Waals surface area contributed by atoms with Gasteiger partial charge in [0.1, 0.15) is 12.1 Å². The molecule has 0 bridgehead atoms. The number of hydrogen-bond donors (Lipinski definition) is 1. The first kappa shape index (κ1) is 22.0. The Bertz CT molecular complexity index is 1080. The molecule has 2 aromatic carbocycles. The van der Waals surface area contributed by atoms with E-state index in [2.05, 4.69) is 38.9 Å². The third-order valence-corrected chi connectivity index (χ3v) is 6.58. The molecule has 8 heteroatoms. The van der Waals surface area contributed by atoms with E-state index in [0.29, 0.717) is 5.75 Å². The minimum absolute atomic E-state index is 0.0251. The van der Waals surface area contributed by atoms with Crippen molar-refractivity contribution in [3.05, 3.63) is 65.3 Å². The van der Waals surface area contributed by atoms with Crippen LogP contribution >= 0.6 is 0 Å². The summed E-state index contributed by atoms with van der Waals surface area (Å²) in [7, 11) is 4.01. The number of phenols is 1. The van der Waals surface area contributed by atoms with E-state index in [9.17, 15) is 9.90 Å². The van der Waals surface area contributed by atoms with Gasteiger partial charge in [-0.1, -0.05) is 0 Å². The minimum Gasteiger partial charge on any atom is -0.508 e. The fraction of sp³-hybridized carbons (Fsp3) is 0.417. The average Bonchev–Trinajstić information content (AvgIpc) is 3.20. The predicted octanol–water partition coefficient (Wildman–Crippen LogP) is 2.58.